The Hall–Kier alpha value is -3.62. The summed E-state index contributed by atoms with van der Waals surface area (Å²) in [7, 11) is 0. The smallest absolute Gasteiger partial charge is 0.418 e. The van der Waals surface area contributed by atoms with E-state index < -0.39 is 35.9 Å². The Morgan fingerprint density at radius 3 is 2.42 bits per heavy atom. The molecule has 0 unspecified atom stereocenters. The minimum atomic E-state index is -4.62. The van der Waals surface area contributed by atoms with Gasteiger partial charge in [-0.1, -0.05) is 30.3 Å². The van der Waals surface area contributed by atoms with Gasteiger partial charge in [0.1, 0.15) is 0 Å². The quantitative estimate of drug-likeness (QED) is 0.583. The number of benzene rings is 2. The summed E-state index contributed by atoms with van der Waals surface area (Å²) < 4.78 is 45.7. The summed E-state index contributed by atoms with van der Waals surface area (Å²) in [6.45, 7) is -0.732. The number of anilines is 1. The zero-order valence-electron chi connectivity index (χ0n) is 16.2. The molecule has 1 saturated carbocycles. The third-order valence-corrected chi connectivity index (χ3v) is 4.77. The minimum Gasteiger partial charge on any atom is -0.451 e. The molecular weight excluding hydrogens is 411 g/mol. The maximum absolute atomic E-state index is 13.1. The molecule has 31 heavy (non-hydrogen) atoms. The topological polar surface area (TPSA) is 73.2 Å². The van der Waals surface area contributed by atoms with E-state index in [1.54, 1.807) is 30.3 Å². The zero-order chi connectivity index (χ0) is 22.0. The maximum Gasteiger partial charge on any atom is 0.418 e. The highest BCUT2D eigenvalue weighted by atomic mass is 19.4. The van der Waals surface area contributed by atoms with Crippen LogP contribution >= 0.6 is 0 Å². The molecule has 160 valence electrons. The van der Waals surface area contributed by atoms with Crippen LogP contribution in [0.25, 0.3) is 5.69 Å². The largest absolute Gasteiger partial charge is 0.451 e. The molecule has 0 saturated heterocycles. The molecule has 0 spiro atoms. The highest BCUT2D eigenvalue weighted by Crippen LogP contribution is 2.40. The van der Waals surface area contributed by atoms with E-state index in [2.05, 4.69) is 10.4 Å². The number of carbonyl (C=O) groups excluding carboxylic acids is 2. The number of para-hydroxylation sites is 2. The van der Waals surface area contributed by atoms with Crippen molar-refractivity contribution in [2.75, 3.05) is 11.9 Å². The number of hydrogen-bond donors (Lipinski definition) is 1. The molecule has 1 fully saturated rings. The number of alkyl halides is 3. The predicted octanol–water partition coefficient (Wildman–Crippen LogP) is 4.56. The zero-order valence-corrected chi connectivity index (χ0v) is 16.2. The van der Waals surface area contributed by atoms with Crippen molar-refractivity contribution in [2.45, 2.75) is 24.9 Å². The van der Waals surface area contributed by atoms with Gasteiger partial charge in [-0.3, -0.25) is 4.79 Å². The normalized spacial score (nSPS) is 13.6. The monoisotopic (exact) mass is 429 g/mol. The van der Waals surface area contributed by atoms with E-state index in [4.69, 9.17) is 4.74 Å². The fraction of sp³-hybridized carbons (Fsp3) is 0.227. The van der Waals surface area contributed by atoms with E-state index >= 15 is 0 Å². The molecule has 0 atom stereocenters. The van der Waals surface area contributed by atoms with Crippen molar-refractivity contribution >= 4 is 17.6 Å². The predicted molar refractivity (Wildman–Crippen MR) is 106 cm³/mol. The van der Waals surface area contributed by atoms with Crippen molar-refractivity contribution in [3.63, 3.8) is 0 Å². The third kappa shape index (κ3) is 4.76. The summed E-state index contributed by atoms with van der Waals surface area (Å²) in [6.07, 6.45) is -2.65. The van der Waals surface area contributed by atoms with Gasteiger partial charge in [-0.2, -0.15) is 18.3 Å². The summed E-state index contributed by atoms with van der Waals surface area (Å²) in [5.74, 6) is -1.38. The Kier molecular flexibility index (Phi) is 5.50. The van der Waals surface area contributed by atoms with Crippen molar-refractivity contribution in [3.8, 4) is 5.69 Å². The van der Waals surface area contributed by atoms with Gasteiger partial charge in [0.2, 0.25) is 0 Å². The van der Waals surface area contributed by atoms with Crippen LogP contribution in [0.5, 0.6) is 0 Å². The molecule has 9 heteroatoms. The number of halogens is 3. The average Bonchev–Trinajstić information content (AvgIpc) is 3.50. The van der Waals surface area contributed by atoms with Crippen molar-refractivity contribution in [1.29, 1.82) is 0 Å². The lowest BCUT2D eigenvalue weighted by atomic mass is 10.1. The number of nitrogens with one attached hydrogen (secondary N) is 1. The second-order valence-corrected chi connectivity index (χ2v) is 7.14. The average molecular weight is 429 g/mol. The van der Waals surface area contributed by atoms with Crippen molar-refractivity contribution in [2.24, 2.45) is 0 Å². The van der Waals surface area contributed by atoms with Gasteiger partial charge >= 0.3 is 12.1 Å². The number of ether oxygens (including phenoxy) is 1. The maximum atomic E-state index is 13.1. The molecule has 1 heterocycles. The fourth-order valence-electron chi connectivity index (χ4n) is 3.12. The summed E-state index contributed by atoms with van der Waals surface area (Å²) in [6, 6.07) is 15.2. The second kappa shape index (κ2) is 8.25. The van der Waals surface area contributed by atoms with Gasteiger partial charge in [-0.25, -0.2) is 9.48 Å². The van der Waals surface area contributed by atoms with Crippen molar-refractivity contribution < 1.29 is 27.5 Å². The Morgan fingerprint density at radius 2 is 1.74 bits per heavy atom. The number of nitrogens with zero attached hydrogens (tertiary/aromatic N) is 2. The molecule has 1 aliphatic rings. The van der Waals surface area contributed by atoms with Crippen LogP contribution in [0, 0.1) is 0 Å². The van der Waals surface area contributed by atoms with E-state index in [1.807, 2.05) is 6.07 Å². The molecule has 3 aromatic rings. The van der Waals surface area contributed by atoms with Gasteiger partial charge in [0.25, 0.3) is 5.91 Å². The third-order valence-electron chi connectivity index (χ3n) is 4.77. The highest BCUT2D eigenvalue weighted by Gasteiger charge is 2.34. The van der Waals surface area contributed by atoms with Crippen LogP contribution in [-0.4, -0.2) is 28.3 Å². The number of hydrogen-bond acceptors (Lipinski definition) is 4. The first-order valence-electron chi connectivity index (χ1n) is 9.61. The molecular formula is C22H18F3N3O3. The standard InChI is InChI=1S/C22H18F3N3O3/c23-22(24,25)16-8-4-5-9-17(16)26-20(29)13-31-21(30)19-12-18(14-10-11-14)27-28(19)15-6-2-1-3-7-15/h1-9,12,14H,10-11,13H2,(H,26,29). The summed E-state index contributed by atoms with van der Waals surface area (Å²) in [4.78, 5) is 24.8. The van der Waals surface area contributed by atoms with Crippen LogP contribution in [0.15, 0.2) is 60.7 Å². The van der Waals surface area contributed by atoms with Gasteiger partial charge in [0, 0.05) is 5.92 Å². The van der Waals surface area contributed by atoms with Crippen LogP contribution in [0.1, 0.15) is 40.5 Å². The minimum absolute atomic E-state index is 0.150. The molecule has 0 radical (unpaired) electrons. The molecule has 1 aliphatic carbocycles. The van der Waals surface area contributed by atoms with E-state index in [0.717, 1.165) is 30.7 Å². The lowest BCUT2D eigenvalue weighted by molar-refractivity contribution is -0.137. The van der Waals surface area contributed by atoms with E-state index in [9.17, 15) is 22.8 Å². The number of aromatic nitrogens is 2. The fourth-order valence-corrected chi connectivity index (χ4v) is 3.12. The van der Waals surface area contributed by atoms with Gasteiger partial charge in [-0.15, -0.1) is 0 Å². The van der Waals surface area contributed by atoms with Crippen LogP contribution in [0.4, 0.5) is 18.9 Å². The van der Waals surface area contributed by atoms with Crippen molar-refractivity contribution in [1.82, 2.24) is 9.78 Å². The van der Waals surface area contributed by atoms with Crippen molar-refractivity contribution in [3.05, 3.63) is 77.6 Å². The molecule has 0 aliphatic heterocycles. The van der Waals surface area contributed by atoms with Gasteiger partial charge in [0.05, 0.1) is 22.6 Å². The number of amides is 1. The van der Waals surface area contributed by atoms with Crippen LogP contribution in [0.2, 0.25) is 0 Å². The Morgan fingerprint density at radius 1 is 1.06 bits per heavy atom. The number of carbonyl (C=O) groups is 2. The van der Waals surface area contributed by atoms with E-state index in [1.165, 1.54) is 16.8 Å². The van der Waals surface area contributed by atoms with Gasteiger partial charge < -0.3 is 10.1 Å². The molecule has 1 N–H and O–H groups in total. The van der Waals surface area contributed by atoms with Gasteiger partial charge in [-0.05, 0) is 43.2 Å². The van der Waals surface area contributed by atoms with E-state index in [0.29, 0.717) is 11.6 Å². The van der Waals surface area contributed by atoms with Crippen LogP contribution < -0.4 is 5.32 Å². The Balaban J connectivity index is 1.47. The van der Waals surface area contributed by atoms with Gasteiger partial charge in [0.15, 0.2) is 12.3 Å². The molecule has 6 nitrogen and oxygen atoms in total. The first-order chi connectivity index (χ1) is 14.8. The summed E-state index contributed by atoms with van der Waals surface area (Å²) in [5, 5.41) is 6.63. The summed E-state index contributed by atoms with van der Waals surface area (Å²) >= 11 is 0. The molecule has 0 bridgehead atoms. The van der Waals surface area contributed by atoms with Crippen LogP contribution in [-0.2, 0) is 15.7 Å². The number of esters is 1. The Labute approximate surface area is 175 Å². The first kappa shape index (κ1) is 20.6. The van der Waals surface area contributed by atoms with Crippen LogP contribution in [0.3, 0.4) is 0 Å². The molecule has 2 aromatic carbocycles. The lowest BCUT2D eigenvalue weighted by Crippen LogP contribution is -2.23. The summed E-state index contributed by atoms with van der Waals surface area (Å²) in [5.41, 5.74) is 0.188. The highest BCUT2D eigenvalue weighted by molar-refractivity contribution is 5.95. The molecule has 4 rings (SSSR count). The first-order valence-corrected chi connectivity index (χ1v) is 9.61. The Bertz CT molecular complexity index is 1110. The lowest BCUT2D eigenvalue weighted by Gasteiger charge is -2.13. The molecule has 1 amide bonds. The number of rotatable bonds is 6. The second-order valence-electron chi connectivity index (χ2n) is 7.14. The molecule has 1 aromatic heterocycles. The SMILES string of the molecule is O=C(COC(=O)c1cc(C2CC2)nn1-c1ccccc1)Nc1ccccc1C(F)(F)F. The van der Waals surface area contributed by atoms with E-state index in [-0.39, 0.29) is 5.69 Å².